The summed E-state index contributed by atoms with van der Waals surface area (Å²) in [6, 6.07) is 18.1. The summed E-state index contributed by atoms with van der Waals surface area (Å²) in [5.41, 5.74) is 8.92. The maximum atomic E-state index is 12.8. The Labute approximate surface area is 234 Å². The lowest BCUT2D eigenvalue weighted by atomic mass is 10.0. The molecule has 11 heteroatoms. The Morgan fingerprint density at radius 3 is 2.05 bits per heavy atom. The van der Waals surface area contributed by atoms with Crippen LogP contribution in [0, 0.1) is 29.6 Å². The summed E-state index contributed by atoms with van der Waals surface area (Å²) in [5, 5.41) is 20.4. The van der Waals surface area contributed by atoms with E-state index < -0.39 is 10.0 Å². The van der Waals surface area contributed by atoms with Gasteiger partial charge in [-0.2, -0.15) is 14.8 Å². The fraction of sp³-hybridized carbons (Fsp3) is 0.379. The number of benzene rings is 2. The first-order valence-corrected chi connectivity index (χ1v) is 14.8. The topological polar surface area (TPSA) is 158 Å². The number of nitrogens with two attached hydrogens (primary N) is 1. The van der Waals surface area contributed by atoms with Crippen LogP contribution in [0.15, 0.2) is 54.9 Å². The zero-order valence-electron chi connectivity index (χ0n) is 22.2. The second-order valence-corrected chi connectivity index (χ2v) is 12.5. The van der Waals surface area contributed by atoms with Gasteiger partial charge in [0, 0.05) is 36.3 Å². The van der Waals surface area contributed by atoms with Gasteiger partial charge in [-0.1, -0.05) is 0 Å². The largest absolute Gasteiger partial charge is 0.474 e. The van der Waals surface area contributed by atoms with Crippen molar-refractivity contribution in [3.8, 4) is 18.0 Å². The molecule has 3 N–H and O–H groups in total. The van der Waals surface area contributed by atoms with Crippen LogP contribution in [0.3, 0.4) is 0 Å². The van der Waals surface area contributed by atoms with Crippen molar-refractivity contribution in [1.29, 1.82) is 10.5 Å². The van der Waals surface area contributed by atoms with Crippen molar-refractivity contribution in [3.63, 3.8) is 0 Å². The zero-order valence-corrected chi connectivity index (χ0v) is 23.0. The number of rotatable bonds is 6. The lowest BCUT2D eigenvalue weighted by Gasteiger charge is -2.37. The summed E-state index contributed by atoms with van der Waals surface area (Å²) in [4.78, 5) is 8.66. The summed E-state index contributed by atoms with van der Waals surface area (Å²) in [6.07, 6.45) is 6.22. The van der Waals surface area contributed by atoms with E-state index in [2.05, 4.69) is 21.4 Å². The Morgan fingerprint density at radius 2 is 1.50 bits per heavy atom. The molecule has 10 nitrogen and oxygen atoms in total. The number of nitriles is 2. The van der Waals surface area contributed by atoms with Crippen LogP contribution in [0.5, 0.6) is 5.88 Å². The standard InChI is InChI=1S/C22H25N5O3S.C7H6N2/c1-14-21(26-16-4-2-15(12-23)3-5-16)24-13-25-22(14)30-19-10-17-6-7-18(11-19)27(17)31(28,29)20-8-9-20;8-5-6-1-3-7(9)4-2-6/h2-5,13,17-20H,6-11H2,1H3,(H,24,25,26);1-4H,9H2. The molecular weight excluding hydrogens is 526 g/mol. The summed E-state index contributed by atoms with van der Waals surface area (Å²) >= 11 is 0. The molecule has 3 heterocycles. The van der Waals surface area contributed by atoms with Gasteiger partial charge in [-0.3, -0.25) is 0 Å². The van der Waals surface area contributed by atoms with Gasteiger partial charge in [-0.05, 0) is 81.1 Å². The molecule has 0 amide bonds. The highest BCUT2D eigenvalue weighted by molar-refractivity contribution is 7.90. The van der Waals surface area contributed by atoms with Gasteiger partial charge in [0.25, 0.3) is 0 Å². The Bertz CT molecular complexity index is 1530. The molecular formula is C29H31N7O3S. The van der Waals surface area contributed by atoms with E-state index in [1.165, 1.54) is 6.33 Å². The number of nitrogens with one attached hydrogen (secondary N) is 1. The number of hydrogen-bond donors (Lipinski definition) is 2. The number of piperidine rings is 1. The van der Waals surface area contributed by atoms with Gasteiger partial charge in [0.2, 0.25) is 15.9 Å². The fourth-order valence-corrected chi connectivity index (χ4v) is 7.58. The van der Waals surface area contributed by atoms with Gasteiger partial charge in [0.05, 0.1) is 34.1 Å². The second-order valence-electron chi connectivity index (χ2n) is 10.4. The number of nitrogen functional groups attached to an aromatic ring is 1. The third-order valence-electron chi connectivity index (χ3n) is 7.49. The van der Waals surface area contributed by atoms with Crippen LogP contribution in [-0.4, -0.2) is 46.1 Å². The second kappa shape index (κ2) is 11.5. The molecule has 206 valence electrons. The molecule has 2 aliphatic heterocycles. The van der Waals surface area contributed by atoms with Crippen LogP contribution in [0.4, 0.5) is 17.2 Å². The highest BCUT2D eigenvalue weighted by Crippen LogP contribution is 2.43. The molecule has 0 spiro atoms. The van der Waals surface area contributed by atoms with E-state index in [0.29, 0.717) is 41.4 Å². The molecule has 1 saturated carbocycles. The number of sulfonamides is 1. The molecule has 1 aromatic heterocycles. The number of ether oxygens (including phenoxy) is 1. The Kier molecular flexibility index (Phi) is 7.88. The number of aromatic nitrogens is 2. The lowest BCUT2D eigenvalue weighted by molar-refractivity contribution is 0.0910. The predicted molar refractivity (Wildman–Crippen MR) is 151 cm³/mol. The summed E-state index contributed by atoms with van der Waals surface area (Å²) < 4.78 is 33.7. The molecule has 2 unspecified atom stereocenters. The Balaban J connectivity index is 0.000000306. The summed E-state index contributed by atoms with van der Waals surface area (Å²) in [7, 11) is -3.15. The van der Waals surface area contributed by atoms with Crippen molar-refractivity contribution in [3.05, 3.63) is 71.5 Å². The van der Waals surface area contributed by atoms with E-state index in [-0.39, 0.29) is 23.4 Å². The molecule has 1 aliphatic carbocycles. The quantitative estimate of drug-likeness (QED) is 0.419. The molecule has 2 aromatic carbocycles. The summed E-state index contributed by atoms with van der Waals surface area (Å²) in [5.74, 6) is 1.17. The van der Waals surface area contributed by atoms with Crippen molar-refractivity contribution >= 4 is 27.2 Å². The van der Waals surface area contributed by atoms with E-state index >= 15 is 0 Å². The monoisotopic (exact) mass is 557 g/mol. The van der Waals surface area contributed by atoms with Crippen LogP contribution in [0.1, 0.15) is 55.2 Å². The molecule has 40 heavy (non-hydrogen) atoms. The first-order valence-electron chi connectivity index (χ1n) is 13.3. The van der Waals surface area contributed by atoms with Crippen molar-refractivity contribution in [2.45, 2.75) is 68.9 Å². The third kappa shape index (κ3) is 6.01. The molecule has 2 saturated heterocycles. The number of nitrogens with zero attached hydrogens (tertiary/aromatic N) is 5. The van der Waals surface area contributed by atoms with Gasteiger partial charge in [0.15, 0.2) is 0 Å². The Hall–Kier alpha value is -4.19. The molecule has 2 atom stereocenters. The first kappa shape index (κ1) is 27.4. The lowest BCUT2D eigenvalue weighted by Crippen LogP contribution is -2.50. The van der Waals surface area contributed by atoms with Crippen LogP contribution < -0.4 is 15.8 Å². The fourth-order valence-electron chi connectivity index (χ4n) is 5.29. The smallest absolute Gasteiger partial charge is 0.221 e. The highest BCUT2D eigenvalue weighted by Gasteiger charge is 2.52. The van der Waals surface area contributed by atoms with Crippen LogP contribution >= 0.6 is 0 Å². The minimum atomic E-state index is -3.15. The maximum Gasteiger partial charge on any atom is 0.221 e. The average molecular weight is 558 g/mol. The average Bonchev–Trinajstić information content (AvgIpc) is 3.78. The third-order valence-corrected chi connectivity index (χ3v) is 9.99. The zero-order chi connectivity index (χ0) is 28.3. The predicted octanol–water partition coefficient (Wildman–Crippen LogP) is 4.41. The molecule has 3 fully saturated rings. The molecule has 0 radical (unpaired) electrons. The minimum Gasteiger partial charge on any atom is -0.474 e. The van der Waals surface area contributed by atoms with E-state index in [1.54, 1.807) is 40.7 Å². The van der Waals surface area contributed by atoms with E-state index in [9.17, 15) is 8.42 Å². The number of anilines is 3. The van der Waals surface area contributed by atoms with E-state index in [1.807, 2.05) is 25.1 Å². The molecule has 6 rings (SSSR count). The van der Waals surface area contributed by atoms with Crippen molar-refractivity contribution in [1.82, 2.24) is 14.3 Å². The van der Waals surface area contributed by atoms with Gasteiger partial charge in [-0.25, -0.2) is 18.4 Å². The normalized spacial score (nSPS) is 21.8. The van der Waals surface area contributed by atoms with Crippen molar-refractivity contribution in [2.24, 2.45) is 0 Å². The van der Waals surface area contributed by atoms with Gasteiger partial charge in [0.1, 0.15) is 18.2 Å². The SMILES string of the molecule is Cc1c(Nc2ccc(C#N)cc2)ncnc1OC1CC2CCC(C1)N2S(=O)(=O)C1CC1.N#Cc1ccc(N)cc1. The van der Waals surface area contributed by atoms with Gasteiger partial charge in [-0.15, -0.1) is 0 Å². The molecule has 3 aromatic rings. The van der Waals surface area contributed by atoms with E-state index in [0.717, 1.165) is 36.9 Å². The van der Waals surface area contributed by atoms with Gasteiger partial charge >= 0.3 is 0 Å². The maximum absolute atomic E-state index is 12.8. The van der Waals surface area contributed by atoms with Crippen molar-refractivity contribution < 1.29 is 13.2 Å². The van der Waals surface area contributed by atoms with Crippen LogP contribution in [-0.2, 0) is 10.0 Å². The first-order chi connectivity index (χ1) is 19.3. The Morgan fingerprint density at radius 1 is 0.925 bits per heavy atom. The van der Waals surface area contributed by atoms with Crippen LogP contribution in [0.2, 0.25) is 0 Å². The van der Waals surface area contributed by atoms with Crippen LogP contribution in [0.25, 0.3) is 0 Å². The number of fused-ring (bicyclic) bond motifs is 2. The van der Waals surface area contributed by atoms with E-state index in [4.69, 9.17) is 21.0 Å². The number of hydrogen-bond acceptors (Lipinski definition) is 9. The molecule has 2 bridgehead atoms. The van der Waals surface area contributed by atoms with Crippen molar-refractivity contribution in [2.75, 3.05) is 11.1 Å². The van der Waals surface area contributed by atoms with Gasteiger partial charge < -0.3 is 15.8 Å². The molecule has 3 aliphatic rings. The summed E-state index contributed by atoms with van der Waals surface area (Å²) in [6.45, 7) is 1.91. The minimum absolute atomic E-state index is 0.0349. The highest BCUT2D eigenvalue weighted by atomic mass is 32.2.